The smallest absolute Gasteiger partial charge is 0.229 e. The highest BCUT2D eigenvalue weighted by Crippen LogP contribution is 2.34. The van der Waals surface area contributed by atoms with E-state index in [4.69, 9.17) is 10.00 Å². The van der Waals surface area contributed by atoms with E-state index in [1.54, 1.807) is 37.4 Å². The fraction of sp³-hybridized carbons (Fsp3) is 0.148. The number of carbonyl (C=O) groups excluding carboxylic acids is 1. The lowest BCUT2D eigenvalue weighted by atomic mass is 10.1. The molecule has 9 heteroatoms. The van der Waals surface area contributed by atoms with E-state index in [2.05, 4.69) is 16.4 Å². The molecule has 0 aliphatic carbocycles. The lowest BCUT2D eigenvalue weighted by Crippen LogP contribution is -2.13. The summed E-state index contributed by atoms with van der Waals surface area (Å²) in [6, 6.07) is 21.2. The maximum Gasteiger partial charge on any atom is 0.229 e. The zero-order valence-corrected chi connectivity index (χ0v) is 21.1. The number of hydrogen-bond donors (Lipinski definition) is 1. The molecule has 2 heterocycles. The summed E-state index contributed by atoms with van der Waals surface area (Å²) in [6.45, 7) is 1.91. The van der Waals surface area contributed by atoms with E-state index in [1.807, 2.05) is 35.7 Å². The quantitative estimate of drug-likeness (QED) is 0.325. The normalized spacial score (nSPS) is 11.0. The van der Waals surface area contributed by atoms with Gasteiger partial charge in [-0.2, -0.15) is 5.26 Å². The molecule has 2 aromatic carbocycles. The number of amides is 1. The minimum Gasteiger partial charge on any atom is -0.472 e. The van der Waals surface area contributed by atoms with Crippen LogP contribution < -0.4 is 10.1 Å². The minimum absolute atomic E-state index is 0.0344. The summed E-state index contributed by atoms with van der Waals surface area (Å²) < 4.78 is 29.9. The third-order valence-electron chi connectivity index (χ3n) is 5.43. The highest BCUT2D eigenvalue weighted by Gasteiger charge is 2.14. The molecule has 0 spiro atoms. The van der Waals surface area contributed by atoms with Gasteiger partial charge in [0.2, 0.25) is 11.8 Å². The first-order valence-corrected chi connectivity index (χ1v) is 13.7. The van der Waals surface area contributed by atoms with Crippen molar-refractivity contribution in [1.82, 2.24) is 4.98 Å². The Morgan fingerprint density at radius 3 is 2.50 bits per heavy atom. The minimum atomic E-state index is -3.27. The Morgan fingerprint density at radius 1 is 1.08 bits per heavy atom. The van der Waals surface area contributed by atoms with E-state index in [0.29, 0.717) is 23.1 Å². The number of sulfone groups is 1. The van der Waals surface area contributed by atoms with Crippen LogP contribution in [0.25, 0.3) is 11.1 Å². The third-order valence-corrected chi connectivity index (χ3v) is 8.03. The lowest BCUT2D eigenvalue weighted by molar-refractivity contribution is -0.115. The number of benzene rings is 2. The SMILES string of the molecule is CCS(=O)(=O)c1ccc(CC(=O)Nc2cc(-c3cccnc3OCc3ccc(C#N)cc3)cs2)cc1. The zero-order valence-electron chi connectivity index (χ0n) is 19.5. The maximum atomic E-state index is 12.6. The standard InChI is InChI=1S/C27H23N3O4S2/c1-2-36(32,33)23-11-9-19(10-12-23)14-25(31)30-26-15-22(18-35-26)24-4-3-13-29-27(24)34-17-21-7-5-20(16-28)6-8-21/h3-13,15,18H,2,14,17H2,1H3,(H,30,31). The Labute approximate surface area is 213 Å². The number of rotatable bonds is 9. The van der Waals surface area contributed by atoms with Gasteiger partial charge in [0.1, 0.15) is 6.61 Å². The van der Waals surface area contributed by atoms with Gasteiger partial charge in [0.05, 0.1) is 33.7 Å². The summed E-state index contributed by atoms with van der Waals surface area (Å²) in [6.07, 6.45) is 1.79. The molecule has 4 rings (SSSR count). The number of aromatic nitrogens is 1. The number of nitrogens with one attached hydrogen (secondary N) is 1. The van der Waals surface area contributed by atoms with Crippen molar-refractivity contribution in [3.63, 3.8) is 0 Å². The first-order valence-electron chi connectivity index (χ1n) is 11.2. The summed E-state index contributed by atoms with van der Waals surface area (Å²) in [7, 11) is -3.27. The predicted molar refractivity (Wildman–Crippen MR) is 140 cm³/mol. The van der Waals surface area contributed by atoms with E-state index in [-0.39, 0.29) is 23.0 Å². The third kappa shape index (κ3) is 6.16. The van der Waals surface area contributed by atoms with Crippen LogP contribution in [0.1, 0.15) is 23.6 Å². The Hall–Kier alpha value is -4.00. The van der Waals surface area contributed by atoms with Gasteiger partial charge >= 0.3 is 0 Å². The number of carbonyl (C=O) groups is 1. The number of nitriles is 1. The van der Waals surface area contributed by atoms with E-state index in [1.165, 1.54) is 23.5 Å². The zero-order chi connectivity index (χ0) is 25.5. The molecule has 2 aromatic heterocycles. The predicted octanol–water partition coefficient (Wildman–Crippen LogP) is 5.24. The molecule has 0 fully saturated rings. The molecule has 36 heavy (non-hydrogen) atoms. The summed E-state index contributed by atoms with van der Waals surface area (Å²) in [5, 5.41) is 14.4. The Kier molecular flexibility index (Phi) is 7.78. The van der Waals surface area contributed by atoms with Crippen molar-refractivity contribution >= 4 is 32.1 Å². The summed E-state index contributed by atoms with van der Waals surface area (Å²) >= 11 is 1.39. The molecular formula is C27H23N3O4S2. The fourth-order valence-corrected chi connectivity index (χ4v) is 5.14. The number of pyridine rings is 1. The lowest BCUT2D eigenvalue weighted by Gasteiger charge is -2.09. The number of thiophene rings is 1. The highest BCUT2D eigenvalue weighted by molar-refractivity contribution is 7.91. The first-order chi connectivity index (χ1) is 17.4. The van der Waals surface area contributed by atoms with Crippen molar-refractivity contribution in [3.8, 4) is 23.1 Å². The fourth-order valence-electron chi connectivity index (χ4n) is 3.44. The molecule has 0 radical (unpaired) electrons. The van der Waals surface area contributed by atoms with Crippen molar-refractivity contribution in [2.45, 2.75) is 24.8 Å². The number of ether oxygens (including phenoxy) is 1. The molecule has 0 saturated heterocycles. The van der Waals surface area contributed by atoms with Crippen molar-refractivity contribution in [3.05, 3.63) is 95.0 Å². The molecule has 7 nitrogen and oxygen atoms in total. The van der Waals surface area contributed by atoms with Crippen LogP contribution in [0.4, 0.5) is 5.00 Å². The van der Waals surface area contributed by atoms with Gasteiger partial charge in [-0.3, -0.25) is 4.79 Å². The van der Waals surface area contributed by atoms with E-state index in [9.17, 15) is 13.2 Å². The van der Waals surface area contributed by atoms with Gasteiger partial charge in [-0.05, 0) is 59.2 Å². The van der Waals surface area contributed by atoms with E-state index < -0.39 is 9.84 Å². The second-order valence-corrected chi connectivity index (χ2v) is 11.1. The molecule has 0 aliphatic heterocycles. The van der Waals surface area contributed by atoms with Crippen molar-refractivity contribution < 1.29 is 17.9 Å². The van der Waals surface area contributed by atoms with Gasteiger partial charge in [0, 0.05) is 17.1 Å². The molecule has 0 aliphatic rings. The summed E-state index contributed by atoms with van der Waals surface area (Å²) in [4.78, 5) is 17.2. The van der Waals surface area contributed by atoms with Gasteiger partial charge in [0.25, 0.3) is 0 Å². The Bertz CT molecular complexity index is 1500. The first kappa shape index (κ1) is 25.1. The second kappa shape index (κ2) is 11.2. The van der Waals surface area contributed by atoms with Gasteiger partial charge in [-0.25, -0.2) is 13.4 Å². The van der Waals surface area contributed by atoms with Crippen LogP contribution in [0.15, 0.2) is 83.2 Å². The molecule has 1 amide bonds. The molecule has 0 atom stereocenters. The van der Waals surface area contributed by atoms with Crippen LogP contribution in [0.5, 0.6) is 5.88 Å². The van der Waals surface area contributed by atoms with Gasteiger partial charge < -0.3 is 10.1 Å². The van der Waals surface area contributed by atoms with Crippen molar-refractivity contribution in [2.75, 3.05) is 11.1 Å². The number of anilines is 1. The van der Waals surface area contributed by atoms with Crippen LogP contribution in [-0.2, 0) is 27.7 Å². The van der Waals surface area contributed by atoms with Crippen LogP contribution in [0.2, 0.25) is 0 Å². The van der Waals surface area contributed by atoms with Crippen molar-refractivity contribution in [2.24, 2.45) is 0 Å². The van der Waals surface area contributed by atoms with Crippen LogP contribution in [-0.4, -0.2) is 25.1 Å². The Morgan fingerprint density at radius 2 is 1.81 bits per heavy atom. The summed E-state index contributed by atoms with van der Waals surface area (Å²) in [5.41, 5.74) is 3.91. The van der Waals surface area contributed by atoms with Crippen LogP contribution in [0, 0.1) is 11.3 Å². The van der Waals surface area contributed by atoms with Crippen molar-refractivity contribution in [1.29, 1.82) is 5.26 Å². The largest absolute Gasteiger partial charge is 0.472 e. The molecule has 0 bridgehead atoms. The number of nitrogens with zero attached hydrogens (tertiary/aromatic N) is 2. The molecule has 1 N–H and O–H groups in total. The molecule has 4 aromatic rings. The maximum absolute atomic E-state index is 12.6. The van der Waals surface area contributed by atoms with Gasteiger partial charge in [-0.15, -0.1) is 11.3 Å². The number of hydrogen-bond acceptors (Lipinski definition) is 7. The van der Waals surface area contributed by atoms with Crippen LogP contribution in [0.3, 0.4) is 0 Å². The molecule has 0 saturated carbocycles. The van der Waals surface area contributed by atoms with Gasteiger partial charge in [0.15, 0.2) is 9.84 Å². The molecule has 182 valence electrons. The molecule has 0 unspecified atom stereocenters. The van der Waals surface area contributed by atoms with E-state index >= 15 is 0 Å². The van der Waals surface area contributed by atoms with E-state index in [0.717, 1.165) is 22.3 Å². The highest BCUT2D eigenvalue weighted by atomic mass is 32.2. The average molecular weight is 518 g/mol. The average Bonchev–Trinajstić information content (AvgIpc) is 3.36. The topological polar surface area (TPSA) is 109 Å². The Balaban J connectivity index is 1.40. The summed E-state index contributed by atoms with van der Waals surface area (Å²) in [5.74, 6) is 0.310. The second-order valence-electron chi connectivity index (χ2n) is 7.93. The monoisotopic (exact) mass is 517 g/mol. The van der Waals surface area contributed by atoms with Crippen LogP contribution >= 0.6 is 11.3 Å². The van der Waals surface area contributed by atoms with Gasteiger partial charge in [-0.1, -0.05) is 31.2 Å². The molecular weight excluding hydrogens is 494 g/mol.